The first-order valence-electron chi connectivity index (χ1n) is 1.88. The Morgan fingerprint density at radius 3 is 0.600 bits per heavy atom. The normalized spacial score (nSPS) is 5.60. The van der Waals surface area contributed by atoms with Gasteiger partial charge in [0.1, 0.15) is 0 Å². The average Bonchev–Trinajstić information content (AvgIpc) is 1.66. The fourth-order valence-electron chi connectivity index (χ4n) is 0. The fraction of sp³-hybridized carbons (Fsp3) is 0. The van der Waals surface area contributed by atoms with E-state index in [4.69, 9.17) is 30.1 Å². The molecule has 10 heavy (non-hydrogen) atoms. The van der Waals surface area contributed by atoms with Crippen molar-refractivity contribution in [3.05, 3.63) is 0 Å². The van der Waals surface area contributed by atoms with Crippen LogP contribution in [0.3, 0.4) is 0 Å². The minimum atomic E-state index is -2.17. The van der Waals surface area contributed by atoms with Crippen LogP contribution in [-0.4, -0.2) is 44.8 Å². The van der Waals surface area contributed by atoms with Gasteiger partial charge < -0.3 is 30.1 Å². The van der Waals surface area contributed by atoms with Gasteiger partial charge in [0, 0.05) is 0 Å². The van der Waals surface area contributed by atoms with Crippen molar-refractivity contribution in [2.24, 2.45) is 0 Å². The zero-order chi connectivity index (χ0) is 9.15. The van der Waals surface area contributed by atoms with E-state index in [1.165, 1.54) is 0 Å². The largest absolute Gasteiger partial charge is 0.631 e. The van der Waals surface area contributed by atoms with Gasteiger partial charge in [0.25, 0.3) is 0 Å². The molecule has 0 amide bonds. The minimum Gasteiger partial charge on any atom is -0.402 e. The summed E-state index contributed by atoms with van der Waals surface area (Å²) in [6, 6.07) is 0. The Bertz CT molecular complexity index is 50.5. The van der Waals surface area contributed by atoms with Crippen LogP contribution in [0.1, 0.15) is 0 Å². The Kier molecular flexibility index (Phi) is 25.6. The van der Waals surface area contributed by atoms with Crippen LogP contribution < -0.4 is 0 Å². The van der Waals surface area contributed by atoms with Crippen LogP contribution in [-0.2, 0) is 0 Å². The van der Waals surface area contributed by atoms with Crippen molar-refractivity contribution in [1.29, 1.82) is 0 Å². The monoisotopic (exact) mass is 150 g/mol. The molecule has 0 aromatic heterocycles. The third-order valence-corrected chi connectivity index (χ3v) is 0. The van der Waals surface area contributed by atoms with Gasteiger partial charge in [-0.1, -0.05) is 0 Å². The van der Waals surface area contributed by atoms with Crippen LogP contribution in [0.4, 0.5) is 0 Å². The van der Waals surface area contributed by atoms with E-state index in [1.54, 1.807) is 0 Å². The van der Waals surface area contributed by atoms with Crippen LogP contribution >= 0.6 is 0 Å². The Balaban J connectivity index is -0.0000000787. The van der Waals surface area contributed by atoms with Gasteiger partial charge in [-0.15, -0.1) is 12.8 Å². The highest BCUT2D eigenvalue weighted by Crippen LogP contribution is 1.40. The number of hydrogen-bond donors (Lipinski definition) is 6. The van der Waals surface area contributed by atoms with Crippen molar-refractivity contribution in [2.45, 2.75) is 0 Å². The van der Waals surface area contributed by atoms with Crippen molar-refractivity contribution in [2.75, 3.05) is 0 Å². The Labute approximate surface area is 58.7 Å². The summed E-state index contributed by atoms with van der Waals surface area (Å²) in [4.78, 5) is 0. The average molecular weight is 150 g/mol. The third-order valence-electron chi connectivity index (χ3n) is 0. The van der Waals surface area contributed by atoms with Crippen molar-refractivity contribution in [1.82, 2.24) is 0 Å². The maximum atomic E-state index is 7.17. The van der Waals surface area contributed by atoms with Crippen LogP contribution in [0.5, 0.6) is 0 Å². The standard InChI is InChI=1S/C2H2.2BH3O3/c1-2;2*2-1(3)4/h1-2H;2*2-4H. The van der Waals surface area contributed by atoms with E-state index < -0.39 is 14.6 Å². The molecule has 0 saturated heterocycles. The second kappa shape index (κ2) is 15.8. The van der Waals surface area contributed by atoms with Crippen LogP contribution in [0.25, 0.3) is 0 Å². The first-order chi connectivity index (χ1) is 4.46. The topological polar surface area (TPSA) is 121 Å². The third kappa shape index (κ3) is 1020. The first-order valence-corrected chi connectivity index (χ1v) is 1.88. The molecular weight excluding hydrogens is 142 g/mol. The van der Waals surface area contributed by atoms with E-state index in [-0.39, 0.29) is 0 Å². The maximum Gasteiger partial charge on any atom is 0.631 e. The van der Waals surface area contributed by atoms with Crippen molar-refractivity contribution in [3.8, 4) is 12.8 Å². The molecule has 0 aromatic rings. The van der Waals surface area contributed by atoms with Gasteiger partial charge in [0.2, 0.25) is 0 Å². The molecule has 0 spiro atoms. The van der Waals surface area contributed by atoms with E-state index in [0.29, 0.717) is 0 Å². The molecule has 0 radical (unpaired) electrons. The molecule has 0 atom stereocenters. The molecule has 0 heterocycles. The Morgan fingerprint density at radius 1 is 0.600 bits per heavy atom. The van der Waals surface area contributed by atoms with Gasteiger partial charge in [-0.2, -0.15) is 0 Å². The summed E-state index contributed by atoms with van der Waals surface area (Å²) in [5, 5.41) is 43.0. The Morgan fingerprint density at radius 2 is 0.600 bits per heavy atom. The van der Waals surface area contributed by atoms with Crippen molar-refractivity contribution < 1.29 is 30.1 Å². The molecule has 6 nitrogen and oxygen atoms in total. The smallest absolute Gasteiger partial charge is 0.402 e. The molecule has 0 aliphatic rings. The predicted molar refractivity (Wildman–Crippen MR) is 34.7 cm³/mol. The number of rotatable bonds is 0. The molecule has 0 aromatic carbocycles. The molecule has 8 heteroatoms. The zero-order valence-corrected chi connectivity index (χ0v) is 4.99. The molecule has 0 rings (SSSR count). The van der Waals surface area contributed by atoms with Crippen LogP contribution in [0.2, 0.25) is 0 Å². The molecule has 0 aliphatic heterocycles. The molecule has 0 bridgehead atoms. The summed E-state index contributed by atoms with van der Waals surface area (Å²) in [6.45, 7) is 0. The van der Waals surface area contributed by atoms with E-state index in [0.717, 1.165) is 0 Å². The predicted octanol–water partition coefficient (Wildman–Crippen LogP) is -3.85. The highest BCUT2D eigenvalue weighted by atomic mass is 16.5. The summed E-state index contributed by atoms with van der Waals surface area (Å²) >= 11 is 0. The number of terminal acetylenes is 1. The van der Waals surface area contributed by atoms with Crippen molar-refractivity contribution >= 4 is 14.6 Å². The quantitative estimate of drug-likeness (QED) is 0.155. The van der Waals surface area contributed by atoms with Crippen LogP contribution in [0, 0.1) is 12.8 Å². The van der Waals surface area contributed by atoms with Crippen LogP contribution in [0.15, 0.2) is 0 Å². The summed E-state index contributed by atoms with van der Waals surface area (Å²) in [5.41, 5.74) is 0. The lowest BCUT2D eigenvalue weighted by molar-refractivity contribution is 0.276. The van der Waals surface area contributed by atoms with E-state index >= 15 is 0 Å². The second-order valence-electron chi connectivity index (χ2n) is 0.693. The summed E-state index contributed by atoms with van der Waals surface area (Å²) < 4.78 is 0. The molecule has 6 N–H and O–H groups in total. The fourth-order valence-corrected chi connectivity index (χ4v) is 0. The lowest BCUT2D eigenvalue weighted by Gasteiger charge is -1.69. The SMILES string of the molecule is C#C.OB(O)O.OB(O)O. The van der Waals surface area contributed by atoms with Gasteiger partial charge in [-0.05, 0) is 0 Å². The molecular formula is C2H8B2O6. The van der Waals surface area contributed by atoms with Crippen molar-refractivity contribution in [3.63, 3.8) is 0 Å². The second-order valence-corrected chi connectivity index (χ2v) is 0.693. The highest BCUT2D eigenvalue weighted by Gasteiger charge is 1.93. The lowest BCUT2D eigenvalue weighted by atomic mass is 10.3. The zero-order valence-electron chi connectivity index (χ0n) is 4.99. The van der Waals surface area contributed by atoms with Gasteiger partial charge in [0.05, 0.1) is 0 Å². The summed E-state index contributed by atoms with van der Waals surface area (Å²) in [5.74, 6) is 0. The molecule has 0 saturated carbocycles. The van der Waals surface area contributed by atoms with Gasteiger partial charge >= 0.3 is 14.6 Å². The maximum absolute atomic E-state index is 7.17. The lowest BCUT2D eigenvalue weighted by Crippen LogP contribution is -2.07. The Hall–Kier alpha value is -0.550. The number of hydrogen-bond acceptors (Lipinski definition) is 6. The van der Waals surface area contributed by atoms with E-state index in [2.05, 4.69) is 12.8 Å². The van der Waals surface area contributed by atoms with E-state index in [9.17, 15) is 0 Å². The van der Waals surface area contributed by atoms with E-state index in [1.807, 2.05) is 0 Å². The van der Waals surface area contributed by atoms with Gasteiger partial charge in [-0.3, -0.25) is 0 Å². The molecule has 58 valence electrons. The minimum absolute atomic E-state index is 2.17. The highest BCUT2D eigenvalue weighted by molar-refractivity contribution is 6.30. The molecule has 0 fully saturated rings. The van der Waals surface area contributed by atoms with Gasteiger partial charge in [-0.25, -0.2) is 0 Å². The molecule has 0 aliphatic carbocycles. The molecule has 0 unspecified atom stereocenters. The van der Waals surface area contributed by atoms with Gasteiger partial charge in [0.15, 0.2) is 0 Å². The first kappa shape index (κ1) is 16.2. The summed E-state index contributed by atoms with van der Waals surface area (Å²) in [7, 11) is -4.33. The summed E-state index contributed by atoms with van der Waals surface area (Å²) in [6.07, 6.45) is 8.00.